The van der Waals surface area contributed by atoms with Crippen molar-refractivity contribution in [2.24, 2.45) is 5.92 Å². The van der Waals surface area contributed by atoms with Crippen LogP contribution in [0.4, 0.5) is 14.5 Å². The number of likely N-dealkylation sites (tertiary alicyclic amines) is 1. The predicted octanol–water partition coefficient (Wildman–Crippen LogP) is 2.25. The van der Waals surface area contributed by atoms with Gasteiger partial charge in [-0.15, -0.1) is 0 Å². The largest absolute Gasteiger partial charge is 0.321 e. The molecule has 1 N–H and O–H groups in total. The number of anilines is 1. The van der Waals surface area contributed by atoms with Gasteiger partial charge in [0.2, 0.25) is 5.91 Å². The lowest BCUT2D eigenvalue weighted by Crippen LogP contribution is -2.20. The lowest BCUT2D eigenvalue weighted by atomic mass is 10.0. The first kappa shape index (κ1) is 13.0. The van der Waals surface area contributed by atoms with Gasteiger partial charge in [-0.1, -0.05) is 6.07 Å². The zero-order chi connectivity index (χ0) is 13.1. The van der Waals surface area contributed by atoms with Gasteiger partial charge in [0.25, 0.3) is 0 Å². The molecular weight excluding hydrogens is 238 g/mol. The summed E-state index contributed by atoms with van der Waals surface area (Å²) in [5, 5.41) is 2.31. The minimum Gasteiger partial charge on any atom is -0.321 e. The van der Waals surface area contributed by atoms with E-state index in [1.807, 2.05) is 7.05 Å². The molecule has 1 amide bonds. The molecule has 0 spiro atoms. The molecule has 0 bridgehead atoms. The highest BCUT2D eigenvalue weighted by Gasteiger charge is 2.22. The third-order valence-electron chi connectivity index (χ3n) is 3.19. The zero-order valence-corrected chi connectivity index (χ0v) is 10.2. The number of carbonyl (C=O) groups is 1. The van der Waals surface area contributed by atoms with Gasteiger partial charge < -0.3 is 10.2 Å². The highest BCUT2D eigenvalue weighted by Crippen LogP contribution is 2.21. The fraction of sp³-hybridized carbons (Fsp3) is 0.462. The van der Waals surface area contributed by atoms with Gasteiger partial charge in [-0.3, -0.25) is 4.79 Å². The van der Waals surface area contributed by atoms with Gasteiger partial charge in [0.15, 0.2) is 0 Å². The van der Waals surface area contributed by atoms with Crippen molar-refractivity contribution in [3.8, 4) is 0 Å². The lowest BCUT2D eigenvalue weighted by molar-refractivity contribution is -0.117. The van der Waals surface area contributed by atoms with Crippen molar-refractivity contribution in [2.45, 2.75) is 12.8 Å². The molecule has 1 fully saturated rings. The number of rotatable bonds is 3. The van der Waals surface area contributed by atoms with E-state index in [0.29, 0.717) is 6.42 Å². The van der Waals surface area contributed by atoms with E-state index < -0.39 is 11.6 Å². The van der Waals surface area contributed by atoms with E-state index in [0.717, 1.165) is 31.6 Å². The van der Waals surface area contributed by atoms with Gasteiger partial charge in [0, 0.05) is 13.0 Å². The van der Waals surface area contributed by atoms with Gasteiger partial charge in [-0.25, -0.2) is 8.78 Å². The molecule has 1 heterocycles. The number of amides is 1. The molecule has 3 nitrogen and oxygen atoms in total. The Labute approximate surface area is 105 Å². The van der Waals surface area contributed by atoms with Crippen LogP contribution in [0.15, 0.2) is 18.2 Å². The Bertz CT molecular complexity index is 430. The first-order chi connectivity index (χ1) is 8.56. The highest BCUT2D eigenvalue weighted by molar-refractivity contribution is 5.91. The Hall–Kier alpha value is -1.49. The van der Waals surface area contributed by atoms with Gasteiger partial charge >= 0.3 is 0 Å². The number of hydrogen-bond acceptors (Lipinski definition) is 2. The third kappa shape index (κ3) is 3.04. The normalized spacial score (nSPS) is 20.1. The second-order valence-corrected chi connectivity index (χ2v) is 4.77. The average molecular weight is 254 g/mol. The summed E-state index contributed by atoms with van der Waals surface area (Å²) in [7, 11) is 1.99. The number of para-hydroxylation sites is 1. The second-order valence-electron chi connectivity index (χ2n) is 4.77. The summed E-state index contributed by atoms with van der Waals surface area (Å²) >= 11 is 0. The molecule has 5 heteroatoms. The third-order valence-corrected chi connectivity index (χ3v) is 3.19. The van der Waals surface area contributed by atoms with Crippen LogP contribution in [-0.2, 0) is 4.79 Å². The van der Waals surface area contributed by atoms with E-state index in [1.54, 1.807) is 0 Å². The second kappa shape index (κ2) is 5.44. The van der Waals surface area contributed by atoms with Crippen LogP contribution in [0, 0.1) is 17.6 Å². The van der Waals surface area contributed by atoms with Gasteiger partial charge in [0.1, 0.15) is 17.3 Å². The monoisotopic (exact) mass is 254 g/mol. The Balaban J connectivity index is 1.95. The number of halogens is 2. The molecule has 0 aromatic heterocycles. The van der Waals surface area contributed by atoms with E-state index in [9.17, 15) is 13.6 Å². The number of nitrogens with zero attached hydrogens (tertiary/aromatic N) is 1. The van der Waals surface area contributed by atoms with Crippen LogP contribution < -0.4 is 5.32 Å². The smallest absolute Gasteiger partial charge is 0.224 e. The Morgan fingerprint density at radius 1 is 1.44 bits per heavy atom. The number of carbonyl (C=O) groups excluding carboxylic acids is 1. The molecule has 98 valence electrons. The molecule has 18 heavy (non-hydrogen) atoms. The van der Waals surface area contributed by atoms with E-state index in [-0.39, 0.29) is 17.5 Å². The number of hydrogen-bond donors (Lipinski definition) is 1. The van der Waals surface area contributed by atoms with Gasteiger partial charge in [-0.05, 0) is 38.1 Å². The van der Waals surface area contributed by atoms with Crippen molar-refractivity contribution in [2.75, 3.05) is 25.5 Å². The van der Waals surface area contributed by atoms with Crippen molar-refractivity contribution >= 4 is 11.6 Å². The van der Waals surface area contributed by atoms with Gasteiger partial charge in [-0.2, -0.15) is 0 Å². The molecule has 0 aliphatic carbocycles. The van der Waals surface area contributed by atoms with Crippen molar-refractivity contribution in [3.63, 3.8) is 0 Å². The lowest BCUT2D eigenvalue weighted by Gasteiger charge is -2.11. The molecule has 0 saturated carbocycles. The predicted molar refractivity (Wildman–Crippen MR) is 65.2 cm³/mol. The fourth-order valence-electron chi connectivity index (χ4n) is 2.26. The van der Waals surface area contributed by atoms with E-state index in [1.165, 1.54) is 6.07 Å². The van der Waals surface area contributed by atoms with Crippen LogP contribution in [-0.4, -0.2) is 30.9 Å². The molecule has 1 atom stereocenters. The summed E-state index contributed by atoms with van der Waals surface area (Å²) in [6.45, 7) is 1.82. The van der Waals surface area contributed by atoms with E-state index >= 15 is 0 Å². The van der Waals surface area contributed by atoms with Crippen molar-refractivity contribution < 1.29 is 13.6 Å². The molecule has 2 rings (SSSR count). The average Bonchev–Trinajstić information content (AvgIpc) is 2.69. The van der Waals surface area contributed by atoms with Crippen LogP contribution in [0.2, 0.25) is 0 Å². The Morgan fingerprint density at radius 3 is 2.67 bits per heavy atom. The number of nitrogens with one attached hydrogen (secondary N) is 1. The fourth-order valence-corrected chi connectivity index (χ4v) is 2.26. The van der Waals surface area contributed by atoms with Crippen LogP contribution in [0.25, 0.3) is 0 Å². The SMILES string of the molecule is CN1CCC(CC(=O)Nc2c(F)cccc2F)C1. The van der Waals surface area contributed by atoms with Crippen molar-refractivity contribution in [1.82, 2.24) is 4.90 Å². The minimum atomic E-state index is -0.744. The topological polar surface area (TPSA) is 32.3 Å². The summed E-state index contributed by atoms with van der Waals surface area (Å²) in [5.41, 5.74) is -0.353. The molecule has 1 saturated heterocycles. The van der Waals surface area contributed by atoms with Crippen LogP contribution in [0.1, 0.15) is 12.8 Å². The van der Waals surface area contributed by atoms with Crippen LogP contribution in [0.3, 0.4) is 0 Å². The Kier molecular flexibility index (Phi) is 3.91. The Morgan fingerprint density at radius 2 is 2.11 bits per heavy atom. The first-order valence-electron chi connectivity index (χ1n) is 5.98. The minimum absolute atomic E-state index is 0.268. The van der Waals surface area contributed by atoms with Crippen LogP contribution in [0.5, 0.6) is 0 Å². The van der Waals surface area contributed by atoms with E-state index in [4.69, 9.17) is 0 Å². The number of benzene rings is 1. The summed E-state index contributed by atoms with van der Waals surface area (Å²) in [4.78, 5) is 13.9. The molecule has 1 aliphatic rings. The molecular formula is C13H16F2N2O. The molecule has 1 unspecified atom stereocenters. The molecule has 1 aromatic carbocycles. The maximum Gasteiger partial charge on any atom is 0.224 e. The molecule has 1 aromatic rings. The van der Waals surface area contributed by atoms with E-state index in [2.05, 4.69) is 10.2 Å². The maximum absolute atomic E-state index is 13.3. The maximum atomic E-state index is 13.3. The summed E-state index contributed by atoms with van der Waals surface area (Å²) in [5.74, 6) is -1.55. The highest BCUT2D eigenvalue weighted by atomic mass is 19.1. The summed E-state index contributed by atoms with van der Waals surface area (Å²) < 4.78 is 26.6. The summed E-state index contributed by atoms with van der Waals surface area (Å²) in [6, 6.07) is 3.52. The quantitative estimate of drug-likeness (QED) is 0.897. The standard InChI is InChI=1S/C13H16F2N2O/c1-17-6-5-9(8-17)7-12(18)16-13-10(14)3-2-4-11(13)15/h2-4,9H,5-8H2,1H3,(H,16,18). The first-order valence-corrected chi connectivity index (χ1v) is 5.98. The van der Waals surface area contributed by atoms with Crippen LogP contribution >= 0.6 is 0 Å². The summed E-state index contributed by atoms with van der Waals surface area (Å²) in [6.07, 6.45) is 1.25. The van der Waals surface area contributed by atoms with Gasteiger partial charge in [0.05, 0.1) is 0 Å². The van der Waals surface area contributed by atoms with Crippen molar-refractivity contribution in [3.05, 3.63) is 29.8 Å². The zero-order valence-electron chi connectivity index (χ0n) is 10.2. The molecule has 0 radical (unpaired) electrons. The molecule has 1 aliphatic heterocycles. The van der Waals surface area contributed by atoms with Crippen molar-refractivity contribution in [1.29, 1.82) is 0 Å².